The highest BCUT2D eigenvalue weighted by Crippen LogP contribution is 2.60. The fraction of sp³-hybridized carbons (Fsp3) is 0.800. The molecule has 330 valence electrons. The zero-order valence-electron chi connectivity index (χ0n) is 36.5. The summed E-state index contributed by atoms with van der Waals surface area (Å²) in [5.41, 5.74) is 13.4. The van der Waals surface area contributed by atoms with Gasteiger partial charge in [-0.1, -0.05) is 39.8 Å². The summed E-state index contributed by atoms with van der Waals surface area (Å²) in [7, 11) is 3.12. The van der Waals surface area contributed by atoms with Crippen molar-refractivity contribution in [1.29, 1.82) is 0 Å². The maximum atomic E-state index is 15.0. The number of methoxy groups -OCH3 is 2. The first-order valence-corrected chi connectivity index (χ1v) is 22.0. The molecule has 13 heteroatoms. The van der Waals surface area contributed by atoms with Crippen molar-refractivity contribution in [1.82, 2.24) is 15.5 Å². The third-order valence-corrected chi connectivity index (χ3v) is 13.5. The highest BCUT2D eigenvalue weighted by molar-refractivity contribution is 5.96. The van der Waals surface area contributed by atoms with Crippen molar-refractivity contribution in [2.45, 2.75) is 129 Å². The van der Waals surface area contributed by atoms with Gasteiger partial charge in [-0.3, -0.25) is 14.4 Å². The van der Waals surface area contributed by atoms with Crippen LogP contribution in [-0.4, -0.2) is 117 Å². The molecule has 58 heavy (non-hydrogen) atoms. The summed E-state index contributed by atoms with van der Waals surface area (Å²) in [6.45, 7) is 12.0. The summed E-state index contributed by atoms with van der Waals surface area (Å²) in [5.74, 6) is 2.01. The molecule has 4 aliphatic carbocycles. The van der Waals surface area contributed by atoms with Gasteiger partial charge in [-0.15, -0.1) is 0 Å². The fourth-order valence-corrected chi connectivity index (χ4v) is 9.99. The summed E-state index contributed by atoms with van der Waals surface area (Å²) < 4.78 is 16.2. The van der Waals surface area contributed by atoms with Gasteiger partial charge in [0.2, 0.25) is 11.8 Å². The summed E-state index contributed by atoms with van der Waals surface area (Å²) in [6, 6.07) is 5.95. The van der Waals surface area contributed by atoms with Gasteiger partial charge in [0.15, 0.2) is 0 Å². The Labute approximate surface area is 348 Å². The number of aliphatic hydroxyl groups excluding tert-OH is 2. The number of para-hydroxylation sites is 1. The van der Waals surface area contributed by atoms with Crippen LogP contribution in [0, 0.1) is 46.8 Å². The Balaban J connectivity index is 1.44. The summed E-state index contributed by atoms with van der Waals surface area (Å²) >= 11 is 0. The summed E-state index contributed by atoms with van der Waals surface area (Å²) in [4.78, 5) is 42.5. The lowest BCUT2D eigenvalue weighted by atomic mass is 9.49. The topological polar surface area (TPSA) is 199 Å². The second kappa shape index (κ2) is 22.7. The number of nitrogens with one attached hydrogen (secondary N) is 2. The molecule has 13 nitrogen and oxygen atoms in total. The van der Waals surface area contributed by atoms with E-state index in [1.165, 1.54) is 26.4 Å². The molecule has 4 fully saturated rings. The van der Waals surface area contributed by atoms with Crippen LogP contribution < -0.4 is 26.8 Å². The fourth-order valence-electron chi connectivity index (χ4n) is 9.99. The maximum absolute atomic E-state index is 15.0. The summed E-state index contributed by atoms with van der Waals surface area (Å²) in [6.07, 6.45) is 6.27. The van der Waals surface area contributed by atoms with Gasteiger partial charge in [0.05, 0.1) is 29.8 Å². The Morgan fingerprint density at radius 3 is 1.95 bits per heavy atom. The van der Waals surface area contributed by atoms with Gasteiger partial charge >= 0.3 is 0 Å². The standard InChI is InChI=1S/C45H77N5O8/c1-28(2)34(24-48-43(54)36-12-8-9-13-41(36)58-15-11-10-14-56-6)19-38(47)40(52)27-50(44(55)45-21-31-16-32(22-45)18-33(17-31)23-45)26-35(29(3)4)20-37(46)39(51)25-49-42(53)30(5)57-7/h8-9,12-13,28-35,37-40,51-52H,10-11,14-27,46-47H2,1-7H3,(H,48,54)(H,49,53). The van der Waals surface area contributed by atoms with Crippen molar-refractivity contribution < 1.29 is 38.8 Å². The van der Waals surface area contributed by atoms with Gasteiger partial charge in [-0.05, 0) is 125 Å². The van der Waals surface area contributed by atoms with Crippen LogP contribution in [0.2, 0.25) is 0 Å². The minimum Gasteiger partial charge on any atom is -0.493 e. The van der Waals surface area contributed by atoms with E-state index >= 15 is 0 Å². The number of carbonyl (C=O) groups is 3. The van der Waals surface area contributed by atoms with Crippen LogP contribution in [0.1, 0.15) is 109 Å². The van der Waals surface area contributed by atoms with Crippen LogP contribution in [0.25, 0.3) is 0 Å². The molecular formula is C45H77N5O8. The first-order valence-electron chi connectivity index (χ1n) is 22.0. The van der Waals surface area contributed by atoms with Gasteiger partial charge in [-0.2, -0.15) is 0 Å². The molecule has 7 atom stereocenters. The molecule has 8 N–H and O–H groups in total. The molecule has 1 aromatic carbocycles. The number of unbranched alkanes of at least 4 members (excludes halogenated alkanes) is 1. The monoisotopic (exact) mass is 816 g/mol. The summed E-state index contributed by atoms with van der Waals surface area (Å²) in [5, 5.41) is 28.6. The molecule has 0 aliphatic heterocycles. The van der Waals surface area contributed by atoms with Gasteiger partial charge in [-0.25, -0.2) is 0 Å². The van der Waals surface area contributed by atoms with Crippen LogP contribution in [0.15, 0.2) is 24.3 Å². The second-order valence-corrected chi connectivity index (χ2v) is 18.7. The van der Waals surface area contributed by atoms with E-state index in [1.54, 1.807) is 26.2 Å². The van der Waals surface area contributed by atoms with Gasteiger partial charge in [0.25, 0.3) is 5.91 Å². The highest BCUT2D eigenvalue weighted by atomic mass is 16.5. The number of hydrogen-bond acceptors (Lipinski definition) is 10. The number of hydrogen-bond donors (Lipinski definition) is 6. The van der Waals surface area contributed by atoms with E-state index in [2.05, 4.69) is 38.3 Å². The normalized spacial score (nSPS) is 24.8. The first-order chi connectivity index (χ1) is 27.6. The molecular weight excluding hydrogens is 739 g/mol. The molecule has 3 amide bonds. The molecule has 0 radical (unpaired) electrons. The van der Waals surface area contributed by atoms with E-state index in [-0.39, 0.29) is 54.5 Å². The lowest BCUT2D eigenvalue weighted by molar-refractivity contribution is -0.160. The predicted molar refractivity (Wildman–Crippen MR) is 226 cm³/mol. The Hall–Kier alpha value is -2.81. The SMILES string of the molecule is COCCCCOc1ccccc1C(=O)NCC(CC(N)C(O)CN(CC(CC(N)C(O)CNC(=O)C(C)OC)C(C)C)C(=O)C12CC3CC(CC(C3)C1)C2)C(C)C. The van der Waals surface area contributed by atoms with E-state index in [9.17, 15) is 24.6 Å². The molecule has 0 saturated heterocycles. The van der Waals surface area contributed by atoms with Crippen molar-refractivity contribution in [3.05, 3.63) is 29.8 Å². The zero-order chi connectivity index (χ0) is 42.6. The van der Waals surface area contributed by atoms with Gasteiger partial charge in [0.1, 0.15) is 11.9 Å². The van der Waals surface area contributed by atoms with Gasteiger partial charge < -0.3 is 51.4 Å². The minimum atomic E-state index is -0.993. The van der Waals surface area contributed by atoms with E-state index in [0.717, 1.165) is 32.1 Å². The van der Waals surface area contributed by atoms with E-state index < -0.39 is 35.8 Å². The largest absolute Gasteiger partial charge is 0.493 e. The molecule has 0 spiro atoms. The lowest BCUT2D eigenvalue weighted by Gasteiger charge is -2.57. The van der Waals surface area contributed by atoms with Crippen molar-refractivity contribution in [2.24, 2.45) is 58.3 Å². The molecule has 4 bridgehead atoms. The molecule has 0 aromatic heterocycles. The van der Waals surface area contributed by atoms with Crippen molar-refractivity contribution in [2.75, 3.05) is 53.6 Å². The Kier molecular flexibility index (Phi) is 18.7. The molecule has 5 rings (SSSR count). The third-order valence-electron chi connectivity index (χ3n) is 13.5. The number of nitrogens with zero attached hydrogens (tertiary/aromatic N) is 1. The van der Waals surface area contributed by atoms with Crippen molar-refractivity contribution >= 4 is 17.7 Å². The number of benzene rings is 1. The zero-order valence-corrected chi connectivity index (χ0v) is 36.5. The quantitative estimate of drug-likeness (QED) is 0.0740. The average molecular weight is 816 g/mol. The smallest absolute Gasteiger partial charge is 0.255 e. The molecule has 0 heterocycles. The van der Waals surface area contributed by atoms with Gasteiger partial charge in [0, 0.05) is 59.1 Å². The number of amides is 3. The lowest BCUT2D eigenvalue weighted by Crippen LogP contribution is -2.58. The number of ether oxygens (including phenoxy) is 3. The average Bonchev–Trinajstić information content (AvgIpc) is 3.19. The number of carbonyl (C=O) groups excluding carboxylic acids is 3. The van der Waals surface area contributed by atoms with Crippen molar-refractivity contribution in [3.63, 3.8) is 0 Å². The predicted octanol–water partition coefficient (Wildman–Crippen LogP) is 4.12. The van der Waals surface area contributed by atoms with E-state index in [4.69, 9.17) is 25.7 Å². The molecule has 7 unspecified atom stereocenters. The Morgan fingerprint density at radius 1 is 0.793 bits per heavy atom. The van der Waals surface area contributed by atoms with E-state index in [0.29, 0.717) is 68.2 Å². The van der Waals surface area contributed by atoms with Crippen LogP contribution >= 0.6 is 0 Å². The Morgan fingerprint density at radius 2 is 1.36 bits per heavy atom. The highest BCUT2D eigenvalue weighted by Gasteiger charge is 2.56. The number of nitrogens with two attached hydrogens (primary N) is 2. The van der Waals surface area contributed by atoms with Crippen LogP contribution in [0.4, 0.5) is 0 Å². The third kappa shape index (κ3) is 13.3. The number of aliphatic hydroxyl groups is 2. The molecule has 1 aromatic rings. The first kappa shape index (κ1) is 47.9. The minimum absolute atomic E-state index is 0.00488. The van der Waals surface area contributed by atoms with Crippen LogP contribution in [0.3, 0.4) is 0 Å². The Bertz CT molecular complexity index is 1410. The van der Waals surface area contributed by atoms with Crippen molar-refractivity contribution in [3.8, 4) is 5.75 Å². The maximum Gasteiger partial charge on any atom is 0.255 e. The molecule has 4 saturated carbocycles. The molecule has 4 aliphatic rings. The second-order valence-electron chi connectivity index (χ2n) is 18.7. The van der Waals surface area contributed by atoms with Crippen LogP contribution in [0.5, 0.6) is 5.75 Å². The van der Waals surface area contributed by atoms with Crippen LogP contribution in [-0.2, 0) is 19.1 Å². The van der Waals surface area contributed by atoms with E-state index in [1.807, 2.05) is 17.0 Å². The number of rotatable bonds is 26.